The van der Waals surface area contributed by atoms with Gasteiger partial charge in [-0.1, -0.05) is 32.4 Å². The second kappa shape index (κ2) is 4.90. The number of aromatic nitrogens is 2. The summed E-state index contributed by atoms with van der Waals surface area (Å²) in [6.07, 6.45) is 1.06. The molecule has 2 aromatic rings. The lowest BCUT2D eigenvalue weighted by molar-refractivity contribution is 0.469. The van der Waals surface area contributed by atoms with Crippen LogP contribution in [0, 0.1) is 0 Å². The lowest BCUT2D eigenvalue weighted by Crippen LogP contribution is -2.31. The zero-order valence-corrected chi connectivity index (χ0v) is 12.0. The van der Waals surface area contributed by atoms with E-state index in [4.69, 9.17) is 22.3 Å². The molecule has 2 N–H and O–H groups in total. The maximum Gasteiger partial charge on any atom is 0.116 e. The van der Waals surface area contributed by atoms with E-state index in [0.29, 0.717) is 6.54 Å². The van der Waals surface area contributed by atoms with Crippen molar-refractivity contribution < 1.29 is 0 Å². The van der Waals surface area contributed by atoms with Gasteiger partial charge in [-0.15, -0.1) is 0 Å². The molecule has 1 heterocycles. The highest BCUT2D eigenvalue weighted by molar-refractivity contribution is 6.31. The van der Waals surface area contributed by atoms with Gasteiger partial charge in [-0.3, -0.25) is 0 Å². The molecule has 0 amide bonds. The molecular weight excluding hydrogens is 246 g/mol. The van der Waals surface area contributed by atoms with Gasteiger partial charge in [0.1, 0.15) is 5.82 Å². The van der Waals surface area contributed by atoms with Gasteiger partial charge in [0, 0.05) is 23.5 Å². The summed E-state index contributed by atoms with van der Waals surface area (Å²) in [6, 6.07) is 5.84. The summed E-state index contributed by atoms with van der Waals surface area (Å²) in [5.74, 6) is 1.05. The quantitative estimate of drug-likeness (QED) is 0.921. The molecule has 0 saturated carbocycles. The molecule has 3 nitrogen and oxygen atoms in total. The van der Waals surface area contributed by atoms with Crippen LogP contribution in [0.3, 0.4) is 0 Å². The molecule has 1 aromatic heterocycles. The number of fused-ring (bicyclic) bond motifs is 1. The highest BCUT2D eigenvalue weighted by Gasteiger charge is 2.26. The van der Waals surface area contributed by atoms with Crippen LogP contribution in [-0.4, -0.2) is 16.1 Å². The van der Waals surface area contributed by atoms with Gasteiger partial charge >= 0.3 is 0 Å². The van der Waals surface area contributed by atoms with Gasteiger partial charge in [0.15, 0.2) is 0 Å². The monoisotopic (exact) mass is 265 g/mol. The van der Waals surface area contributed by atoms with Crippen molar-refractivity contribution in [2.24, 2.45) is 5.73 Å². The van der Waals surface area contributed by atoms with Crippen molar-refractivity contribution >= 4 is 22.6 Å². The van der Waals surface area contributed by atoms with Gasteiger partial charge in [0.05, 0.1) is 11.0 Å². The third kappa shape index (κ3) is 2.25. The first kappa shape index (κ1) is 13.4. The van der Waals surface area contributed by atoms with E-state index in [9.17, 15) is 0 Å². The molecule has 0 aliphatic rings. The van der Waals surface area contributed by atoms with E-state index in [1.807, 2.05) is 18.2 Å². The van der Waals surface area contributed by atoms with Crippen molar-refractivity contribution in [3.63, 3.8) is 0 Å². The zero-order chi connectivity index (χ0) is 13.3. The van der Waals surface area contributed by atoms with E-state index in [2.05, 4.69) is 25.3 Å². The molecule has 0 unspecified atom stereocenters. The molecule has 0 fully saturated rings. The van der Waals surface area contributed by atoms with E-state index in [1.165, 1.54) is 0 Å². The van der Waals surface area contributed by atoms with Crippen molar-refractivity contribution in [1.29, 1.82) is 0 Å². The second-order valence-corrected chi connectivity index (χ2v) is 5.74. The Balaban J connectivity index is 2.69. The van der Waals surface area contributed by atoms with E-state index in [0.717, 1.165) is 34.8 Å². The predicted molar refractivity (Wildman–Crippen MR) is 77.1 cm³/mol. The molecule has 4 heteroatoms. The molecule has 1 aromatic carbocycles. The van der Waals surface area contributed by atoms with Crippen LogP contribution < -0.4 is 5.73 Å². The van der Waals surface area contributed by atoms with Crippen molar-refractivity contribution in [1.82, 2.24) is 9.55 Å². The van der Waals surface area contributed by atoms with Crippen molar-refractivity contribution in [2.45, 2.75) is 39.2 Å². The predicted octanol–water partition coefficient (Wildman–Crippen LogP) is 3.34. The van der Waals surface area contributed by atoms with Crippen LogP contribution in [0.5, 0.6) is 0 Å². The molecule has 0 atom stereocenters. The van der Waals surface area contributed by atoms with Crippen LogP contribution in [-0.2, 0) is 12.0 Å². The van der Waals surface area contributed by atoms with E-state index in [1.54, 1.807) is 0 Å². The third-order valence-corrected chi connectivity index (χ3v) is 3.51. The summed E-state index contributed by atoms with van der Waals surface area (Å²) in [7, 11) is 0. The Morgan fingerprint density at radius 1 is 1.39 bits per heavy atom. The molecule has 0 saturated heterocycles. The fourth-order valence-electron chi connectivity index (χ4n) is 2.15. The number of halogens is 1. The average molecular weight is 266 g/mol. The highest BCUT2D eigenvalue weighted by atomic mass is 35.5. The SMILES string of the molecule is CCCn1c(C(C)(C)CN)nc2ccc(Cl)cc21. The molecular formula is C14H20ClN3. The minimum Gasteiger partial charge on any atom is -0.329 e. The topological polar surface area (TPSA) is 43.8 Å². The first-order valence-corrected chi connectivity index (χ1v) is 6.73. The number of imidazole rings is 1. The Labute approximate surface area is 113 Å². The summed E-state index contributed by atoms with van der Waals surface area (Å²) >= 11 is 6.08. The minimum absolute atomic E-state index is 0.124. The average Bonchev–Trinajstić information content (AvgIpc) is 2.69. The Kier molecular flexibility index (Phi) is 3.64. The Morgan fingerprint density at radius 3 is 2.72 bits per heavy atom. The second-order valence-electron chi connectivity index (χ2n) is 5.31. The summed E-state index contributed by atoms with van der Waals surface area (Å²) < 4.78 is 2.24. The van der Waals surface area contributed by atoms with Crippen LogP contribution in [0.25, 0.3) is 11.0 Å². The van der Waals surface area contributed by atoms with Crippen molar-refractivity contribution in [3.8, 4) is 0 Å². The van der Waals surface area contributed by atoms with Crippen molar-refractivity contribution in [2.75, 3.05) is 6.54 Å². The maximum atomic E-state index is 6.08. The van der Waals surface area contributed by atoms with Crippen LogP contribution in [0.2, 0.25) is 5.02 Å². The molecule has 0 bridgehead atoms. The normalized spacial score (nSPS) is 12.3. The van der Waals surface area contributed by atoms with Crippen LogP contribution in [0.1, 0.15) is 33.0 Å². The zero-order valence-electron chi connectivity index (χ0n) is 11.2. The Bertz CT molecular complexity index is 557. The van der Waals surface area contributed by atoms with Crippen LogP contribution in [0.4, 0.5) is 0 Å². The lowest BCUT2D eigenvalue weighted by atomic mass is 9.92. The van der Waals surface area contributed by atoms with Gasteiger partial charge in [0.25, 0.3) is 0 Å². The van der Waals surface area contributed by atoms with Gasteiger partial charge in [-0.2, -0.15) is 0 Å². The van der Waals surface area contributed by atoms with Gasteiger partial charge in [-0.25, -0.2) is 4.98 Å². The van der Waals surface area contributed by atoms with E-state index < -0.39 is 0 Å². The van der Waals surface area contributed by atoms with Crippen molar-refractivity contribution in [3.05, 3.63) is 29.0 Å². The fourth-order valence-corrected chi connectivity index (χ4v) is 2.32. The fraction of sp³-hybridized carbons (Fsp3) is 0.500. The summed E-state index contributed by atoms with van der Waals surface area (Å²) in [5.41, 5.74) is 7.84. The van der Waals surface area contributed by atoms with Gasteiger partial charge in [-0.05, 0) is 24.6 Å². The molecule has 18 heavy (non-hydrogen) atoms. The molecule has 0 aliphatic heterocycles. The van der Waals surface area contributed by atoms with Crippen LogP contribution >= 0.6 is 11.6 Å². The summed E-state index contributed by atoms with van der Waals surface area (Å²) in [6.45, 7) is 7.93. The lowest BCUT2D eigenvalue weighted by Gasteiger charge is -2.23. The first-order valence-electron chi connectivity index (χ1n) is 6.36. The number of nitrogens with zero attached hydrogens (tertiary/aromatic N) is 2. The number of nitrogens with two attached hydrogens (primary N) is 1. The molecule has 0 radical (unpaired) electrons. The largest absolute Gasteiger partial charge is 0.329 e. The smallest absolute Gasteiger partial charge is 0.116 e. The molecule has 0 spiro atoms. The highest BCUT2D eigenvalue weighted by Crippen LogP contribution is 2.28. The molecule has 2 rings (SSSR count). The number of benzene rings is 1. The third-order valence-electron chi connectivity index (χ3n) is 3.27. The Hall–Kier alpha value is -1.06. The van der Waals surface area contributed by atoms with E-state index >= 15 is 0 Å². The van der Waals surface area contributed by atoms with E-state index in [-0.39, 0.29) is 5.41 Å². The number of rotatable bonds is 4. The molecule has 98 valence electrons. The standard InChI is InChI=1S/C14H20ClN3/c1-4-7-18-12-8-10(15)5-6-11(12)17-13(18)14(2,3)9-16/h5-6,8H,4,7,9,16H2,1-3H3. The maximum absolute atomic E-state index is 6.08. The molecule has 0 aliphatic carbocycles. The number of hydrogen-bond donors (Lipinski definition) is 1. The first-order chi connectivity index (χ1) is 8.49. The Morgan fingerprint density at radius 2 is 2.11 bits per heavy atom. The minimum atomic E-state index is -0.124. The van der Waals surface area contributed by atoms with Gasteiger partial charge in [0.2, 0.25) is 0 Å². The summed E-state index contributed by atoms with van der Waals surface area (Å²) in [5, 5.41) is 0.747. The summed E-state index contributed by atoms with van der Waals surface area (Å²) in [4.78, 5) is 4.74. The number of hydrogen-bond acceptors (Lipinski definition) is 2. The van der Waals surface area contributed by atoms with Gasteiger partial charge < -0.3 is 10.3 Å². The number of aryl methyl sites for hydroxylation is 1. The van der Waals surface area contributed by atoms with Crippen LogP contribution in [0.15, 0.2) is 18.2 Å².